The highest BCUT2D eigenvalue weighted by atomic mass is 16.1. The van der Waals surface area contributed by atoms with Crippen molar-refractivity contribution in [3.05, 3.63) is 12.4 Å². The molecule has 1 aromatic heterocycles. The van der Waals surface area contributed by atoms with Crippen LogP contribution in [0.15, 0.2) is 12.4 Å². The number of nitrogens with zero attached hydrogens (tertiary/aromatic N) is 2. The van der Waals surface area contributed by atoms with E-state index in [1.165, 1.54) is 19.3 Å². The Bertz CT molecular complexity index is 256. The SMILES string of the molecule is CC(=O)Nc1cnc(N)nc1. The fourth-order valence-electron chi connectivity index (χ4n) is 0.606. The lowest BCUT2D eigenvalue weighted by atomic mass is 10.5. The monoisotopic (exact) mass is 152 g/mol. The Hall–Kier alpha value is -1.65. The molecule has 1 aromatic rings. The second kappa shape index (κ2) is 2.96. The smallest absolute Gasteiger partial charge is 0.221 e. The molecule has 5 nitrogen and oxygen atoms in total. The third-order valence-electron chi connectivity index (χ3n) is 0.992. The molecule has 0 unspecified atom stereocenters. The van der Waals surface area contributed by atoms with Crippen molar-refractivity contribution in [2.45, 2.75) is 6.92 Å². The van der Waals surface area contributed by atoms with Gasteiger partial charge in [-0.3, -0.25) is 4.79 Å². The first-order valence-electron chi connectivity index (χ1n) is 3.03. The van der Waals surface area contributed by atoms with E-state index in [0.717, 1.165) is 0 Å². The van der Waals surface area contributed by atoms with Gasteiger partial charge < -0.3 is 11.1 Å². The van der Waals surface area contributed by atoms with Gasteiger partial charge >= 0.3 is 0 Å². The van der Waals surface area contributed by atoms with Gasteiger partial charge in [0.1, 0.15) is 0 Å². The topological polar surface area (TPSA) is 80.9 Å². The second-order valence-corrected chi connectivity index (χ2v) is 2.01. The van der Waals surface area contributed by atoms with E-state index in [2.05, 4.69) is 15.3 Å². The molecule has 0 radical (unpaired) electrons. The zero-order valence-electron chi connectivity index (χ0n) is 6.03. The molecular formula is C6H8N4O. The van der Waals surface area contributed by atoms with Crippen molar-refractivity contribution in [1.82, 2.24) is 9.97 Å². The molecule has 1 heterocycles. The van der Waals surface area contributed by atoms with E-state index in [4.69, 9.17) is 5.73 Å². The standard InChI is InChI=1S/C6H8N4O/c1-4(11)10-5-2-8-6(7)9-3-5/h2-3H,1H3,(H,10,11)(H2,7,8,9). The number of aromatic nitrogens is 2. The number of hydrogen-bond donors (Lipinski definition) is 2. The fraction of sp³-hybridized carbons (Fsp3) is 0.167. The van der Waals surface area contributed by atoms with Gasteiger partial charge in [0.05, 0.1) is 18.1 Å². The van der Waals surface area contributed by atoms with Gasteiger partial charge in [-0.2, -0.15) is 0 Å². The van der Waals surface area contributed by atoms with Gasteiger partial charge in [-0.15, -0.1) is 0 Å². The third-order valence-corrected chi connectivity index (χ3v) is 0.992. The Morgan fingerprint density at radius 2 is 2.09 bits per heavy atom. The summed E-state index contributed by atoms with van der Waals surface area (Å²) in [6.45, 7) is 1.41. The first-order chi connectivity index (χ1) is 5.18. The lowest BCUT2D eigenvalue weighted by Crippen LogP contribution is -2.06. The highest BCUT2D eigenvalue weighted by Crippen LogP contribution is 2.02. The van der Waals surface area contributed by atoms with Crippen LogP contribution in [0.3, 0.4) is 0 Å². The summed E-state index contributed by atoms with van der Waals surface area (Å²) in [5.74, 6) is 0.0393. The summed E-state index contributed by atoms with van der Waals surface area (Å²) < 4.78 is 0. The van der Waals surface area contributed by atoms with Crippen molar-refractivity contribution in [2.24, 2.45) is 0 Å². The van der Waals surface area contributed by atoms with E-state index in [-0.39, 0.29) is 11.9 Å². The molecular weight excluding hydrogens is 144 g/mol. The van der Waals surface area contributed by atoms with Crippen molar-refractivity contribution < 1.29 is 4.79 Å². The minimum absolute atomic E-state index is 0.154. The lowest BCUT2D eigenvalue weighted by Gasteiger charge is -1.98. The minimum Gasteiger partial charge on any atom is -0.368 e. The highest BCUT2D eigenvalue weighted by molar-refractivity contribution is 5.88. The van der Waals surface area contributed by atoms with Crippen molar-refractivity contribution in [3.8, 4) is 0 Å². The molecule has 0 aliphatic heterocycles. The molecule has 0 saturated carbocycles. The number of carbonyl (C=O) groups excluding carboxylic acids is 1. The van der Waals surface area contributed by atoms with Crippen LogP contribution in [-0.4, -0.2) is 15.9 Å². The summed E-state index contributed by atoms with van der Waals surface area (Å²) in [5, 5.41) is 2.51. The van der Waals surface area contributed by atoms with E-state index >= 15 is 0 Å². The summed E-state index contributed by atoms with van der Waals surface area (Å²) in [6, 6.07) is 0. The molecule has 5 heteroatoms. The zero-order chi connectivity index (χ0) is 8.27. The molecule has 0 atom stereocenters. The maximum absolute atomic E-state index is 10.5. The predicted octanol–water partition coefficient (Wildman–Crippen LogP) is 0.0172. The first-order valence-corrected chi connectivity index (χ1v) is 3.03. The van der Waals surface area contributed by atoms with E-state index < -0.39 is 0 Å². The van der Waals surface area contributed by atoms with Crippen LogP contribution in [0.1, 0.15) is 6.92 Å². The number of nitrogens with one attached hydrogen (secondary N) is 1. The number of carbonyl (C=O) groups is 1. The summed E-state index contributed by atoms with van der Waals surface area (Å²) in [7, 11) is 0. The maximum atomic E-state index is 10.5. The molecule has 0 saturated heterocycles. The largest absolute Gasteiger partial charge is 0.368 e. The van der Waals surface area contributed by atoms with Crippen LogP contribution < -0.4 is 11.1 Å². The summed E-state index contributed by atoms with van der Waals surface area (Å²) >= 11 is 0. The average molecular weight is 152 g/mol. The van der Waals surface area contributed by atoms with Gasteiger partial charge in [0.25, 0.3) is 0 Å². The van der Waals surface area contributed by atoms with Crippen molar-refractivity contribution in [2.75, 3.05) is 11.1 Å². The van der Waals surface area contributed by atoms with Crippen molar-refractivity contribution >= 4 is 17.5 Å². The first kappa shape index (κ1) is 7.46. The quantitative estimate of drug-likeness (QED) is 0.594. The Kier molecular flexibility index (Phi) is 2.00. The van der Waals surface area contributed by atoms with Crippen LogP contribution in [0.2, 0.25) is 0 Å². The predicted molar refractivity (Wildman–Crippen MR) is 40.7 cm³/mol. The van der Waals surface area contributed by atoms with Gasteiger partial charge in [-0.1, -0.05) is 0 Å². The molecule has 0 aromatic carbocycles. The van der Waals surface area contributed by atoms with Crippen molar-refractivity contribution in [1.29, 1.82) is 0 Å². The number of anilines is 2. The molecule has 0 bridgehead atoms. The summed E-state index contributed by atoms with van der Waals surface area (Å²) in [4.78, 5) is 17.9. The van der Waals surface area contributed by atoms with Crippen LogP contribution in [-0.2, 0) is 4.79 Å². The highest BCUT2D eigenvalue weighted by Gasteiger charge is 1.94. The normalized spacial score (nSPS) is 9.18. The van der Waals surface area contributed by atoms with Gasteiger partial charge in [0.15, 0.2) is 0 Å². The van der Waals surface area contributed by atoms with Gasteiger partial charge in [0, 0.05) is 6.92 Å². The van der Waals surface area contributed by atoms with Crippen LogP contribution in [0, 0.1) is 0 Å². The second-order valence-electron chi connectivity index (χ2n) is 2.01. The minimum atomic E-state index is -0.154. The molecule has 58 valence electrons. The fourth-order valence-corrected chi connectivity index (χ4v) is 0.606. The summed E-state index contributed by atoms with van der Waals surface area (Å²) in [5.41, 5.74) is 5.77. The Balaban J connectivity index is 2.74. The molecule has 3 N–H and O–H groups in total. The molecule has 0 fully saturated rings. The number of amides is 1. The average Bonchev–Trinajstić information content (AvgIpc) is 1.93. The maximum Gasteiger partial charge on any atom is 0.221 e. The van der Waals surface area contributed by atoms with Gasteiger partial charge in [-0.05, 0) is 0 Å². The lowest BCUT2D eigenvalue weighted by molar-refractivity contribution is -0.114. The molecule has 0 aliphatic rings. The van der Waals surface area contributed by atoms with Crippen molar-refractivity contribution in [3.63, 3.8) is 0 Å². The Labute approximate surface area is 63.7 Å². The number of hydrogen-bond acceptors (Lipinski definition) is 4. The van der Waals surface area contributed by atoms with E-state index in [1.54, 1.807) is 0 Å². The molecule has 0 aliphatic carbocycles. The third kappa shape index (κ3) is 2.21. The molecule has 0 spiro atoms. The Morgan fingerprint density at radius 1 is 1.55 bits per heavy atom. The molecule has 1 rings (SSSR count). The van der Waals surface area contributed by atoms with E-state index in [0.29, 0.717) is 5.69 Å². The van der Waals surface area contributed by atoms with Crippen LogP contribution in [0.4, 0.5) is 11.6 Å². The Morgan fingerprint density at radius 3 is 2.55 bits per heavy atom. The van der Waals surface area contributed by atoms with E-state index in [1.807, 2.05) is 0 Å². The van der Waals surface area contributed by atoms with Crippen LogP contribution in [0.5, 0.6) is 0 Å². The van der Waals surface area contributed by atoms with Gasteiger partial charge in [-0.25, -0.2) is 9.97 Å². The summed E-state index contributed by atoms with van der Waals surface area (Å²) in [6.07, 6.45) is 2.90. The van der Waals surface area contributed by atoms with Crippen LogP contribution in [0.25, 0.3) is 0 Å². The number of nitrogen functional groups attached to an aromatic ring is 1. The number of rotatable bonds is 1. The zero-order valence-corrected chi connectivity index (χ0v) is 6.03. The molecule has 1 amide bonds. The van der Waals surface area contributed by atoms with Gasteiger partial charge in [0.2, 0.25) is 11.9 Å². The molecule has 11 heavy (non-hydrogen) atoms. The van der Waals surface area contributed by atoms with E-state index in [9.17, 15) is 4.79 Å². The number of nitrogens with two attached hydrogens (primary N) is 1. The van der Waals surface area contributed by atoms with Crippen LogP contribution >= 0.6 is 0 Å².